The highest BCUT2D eigenvalue weighted by atomic mass is 16.3. The average molecular weight is 290 g/mol. The lowest BCUT2D eigenvalue weighted by Crippen LogP contribution is -2.44. The Morgan fingerprint density at radius 2 is 2.00 bits per heavy atom. The van der Waals surface area contributed by atoms with Crippen LogP contribution in [0.1, 0.15) is 44.2 Å². The number of likely N-dealkylation sites (tertiary alicyclic amines) is 1. The van der Waals surface area contributed by atoms with Crippen LogP contribution in [0.25, 0.3) is 0 Å². The number of nitrogens with zero attached hydrogens (tertiary/aromatic N) is 1. The number of hydrogen-bond acceptors (Lipinski definition) is 3. The molecule has 2 unspecified atom stereocenters. The smallest absolute Gasteiger partial charge is 0.0681 e. The standard InChI is InChI=1S/C18H30N2O/c1-3-10-20-11-4-5-18(13-20)15(2)19-12-16-6-8-17(14-21)9-7-16/h6-9,15,18-19,21H,3-5,10-14H2,1-2H3. The van der Waals surface area contributed by atoms with Crippen molar-refractivity contribution in [1.82, 2.24) is 10.2 Å². The van der Waals surface area contributed by atoms with E-state index in [4.69, 9.17) is 5.11 Å². The van der Waals surface area contributed by atoms with Crippen molar-refractivity contribution in [2.24, 2.45) is 5.92 Å². The van der Waals surface area contributed by atoms with Crippen LogP contribution in [0.3, 0.4) is 0 Å². The summed E-state index contributed by atoms with van der Waals surface area (Å²) in [6, 6.07) is 8.78. The Morgan fingerprint density at radius 3 is 2.67 bits per heavy atom. The third-order valence-electron chi connectivity index (χ3n) is 4.62. The number of aliphatic hydroxyl groups excluding tert-OH is 1. The first-order valence-corrected chi connectivity index (χ1v) is 8.37. The van der Waals surface area contributed by atoms with Crippen LogP contribution < -0.4 is 5.32 Å². The quantitative estimate of drug-likeness (QED) is 0.810. The molecule has 0 aromatic heterocycles. The van der Waals surface area contributed by atoms with Gasteiger partial charge in [-0.25, -0.2) is 0 Å². The highest BCUT2D eigenvalue weighted by Gasteiger charge is 2.23. The van der Waals surface area contributed by atoms with E-state index in [1.54, 1.807) is 0 Å². The van der Waals surface area contributed by atoms with Crippen molar-refractivity contribution in [2.75, 3.05) is 19.6 Å². The van der Waals surface area contributed by atoms with Gasteiger partial charge in [0.05, 0.1) is 6.61 Å². The lowest BCUT2D eigenvalue weighted by Gasteiger charge is -2.36. The van der Waals surface area contributed by atoms with Crippen molar-refractivity contribution in [3.63, 3.8) is 0 Å². The van der Waals surface area contributed by atoms with Crippen molar-refractivity contribution < 1.29 is 5.11 Å². The van der Waals surface area contributed by atoms with Crippen molar-refractivity contribution in [1.29, 1.82) is 0 Å². The van der Waals surface area contributed by atoms with E-state index < -0.39 is 0 Å². The van der Waals surface area contributed by atoms with E-state index in [1.165, 1.54) is 44.5 Å². The van der Waals surface area contributed by atoms with Crippen molar-refractivity contribution in [3.05, 3.63) is 35.4 Å². The molecular weight excluding hydrogens is 260 g/mol. The Kier molecular flexibility index (Phi) is 6.68. The van der Waals surface area contributed by atoms with Crippen molar-refractivity contribution in [3.8, 4) is 0 Å². The SMILES string of the molecule is CCCN1CCCC(C(C)NCc2ccc(CO)cc2)C1. The fourth-order valence-corrected chi connectivity index (χ4v) is 3.23. The molecular formula is C18H30N2O. The van der Waals surface area contributed by atoms with E-state index in [0.29, 0.717) is 6.04 Å². The van der Waals surface area contributed by atoms with Crippen LogP contribution >= 0.6 is 0 Å². The number of aliphatic hydroxyl groups is 1. The van der Waals surface area contributed by atoms with Crippen LogP contribution in [0.5, 0.6) is 0 Å². The third-order valence-corrected chi connectivity index (χ3v) is 4.62. The second-order valence-electron chi connectivity index (χ2n) is 6.35. The second-order valence-corrected chi connectivity index (χ2v) is 6.35. The van der Waals surface area contributed by atoms with Crippen LogP contribution in [0.4, 0.5) is 0 Å². The highest BCUT2D eigenvalue weighted by Crippen LogP contribution is 2.20. The molecule has 1 fully saturated rings. The molecule has 2 N–H and O–H groups in total. The van der Waals surface area contributed by atoms with Gasteiger partial charge in [-0.2, -0.15) is 0 Å². The van der Waals surface area contributed by atoms with E-state index in [0.717, 1.165) is 18.0 Å². The molecule has 1 heterocycles. The fraction of sp³-hybridized carbons (Fsp3) is 0.667. The molecule has 3 nitrogen and oxygen atoms in total. The highest BCUT2D eigenvalue weighted by molar-refractivity contribution is 5.21. The largest absolute Gasteiger partial charge is 0.392 e. The molecule has 2 atom stereocenters. The van der Waals surface area contributed by atoms with Gasteiger partial charge < -0.3 is 15.3 Å². The van der Waals surface area contributed by atoms with Gasteiger partial charge in [0.25, 0.3) is 0 Å². The topological polar surface area (TPSA) is 35.5 Å². The summed E-state index contributed by atoms with van der Waals surface area (Å²) in [5.41, 5.74) is 2.27. The molecule has 0 bridgehead atoms. The third kappa shape index (κ3) is 5.10. The number of nitrogens with one attached hydrogen (secondary N) is 1. The van der Waals surface area contributed by atoms with Gasteiger partial charge in [0.2, 0.25) is 0 Å². The Morgan fingerprint density at radius 1 is 1.29 bits per heavy atom. The molecule has 0 aliphatic carbocycles. The minimum Gasteiger partial charge on any atom is -0.392 e. The second kappa shape index (κ2) is 8.52. The van der Waals surface area contributed by atoms with Gasteiger partial charge in [0.1, 0.15) is 0 Å². The minimum atomic E-state index is 0.124. The minimum absolute atomic E-state index is 0.124. The predicted molar refractivity (Wildman–Crippen MR) is 88.1 cm³/mol. The van der Waals surface area contributed by atoms with E-state index in [1.807, 2.05) is 12.1 Å². The monoisotopic (exact) mass is 290 g/mol. The molecule has 0 spiro atoms. The zero-order valence-electron chi connectivity index (χ0n) is 13.5. The zero-order valence-corrected chi connectivity index (χ0v) is 13.5. The van der Waals surface area contributed by atoms with Gasteiger partial charge in [-0.3, -0.25) is 0 Å². The van der Waals surface area contributed by atoms with Gasteiger partial charge in [0.15, 0.2) is 0 Å². The first-order valence-electron chi connectivity index (χ1n) is 8.37. The molecule has 21 heavy (non-hydrogen) atoms. The zero-order chi connectivity index (χ0) is 15.1. The first kappa shape index (κ1) is 16.5. The van der Waals surface area contributed by atoms with E-state index in [9.17, 15) is 0 Å². The lowest BCUT2D eigenvalue weighted by molar-refractivity contribution is 0.150. The molecule has 0 radical (unpaired) electrons. The average Bonchev–Trinajstić information content (AvgIpc) is 2.53. The van der Waals surface area contributed by atoms with Gasteiger partial charge in [0, 0.05) is 19.1 Å². The fourth-order valence-electron chi connectivity index (χ4n) is 3.23. The molecule has 2 rings (SSSR count). The summed E-state index contributed by atoms with van der Waals surface area (Å²) < 4.78 is 0. The predicted octanol–water partition coefficient (Wildman–Crippen LogP) is 2.78. The molecule has 0 saturated carbocycles. The first-order chi connectivity index (χ1) is 10.2. The Bertz CT molecular complexity index is 402. The van der Waals surface area contributed by atoms with Crippen LogP contribution in [0.2, 0.25) is 0 Å². The molecule has 0 amide bonds. The molecule has 1 aromatic rings. The summed E-state index contributed by atoms with van der Waals surface area (Å²) in [4.78, 5) is 2.61. The number of piperidine rings is 1. The Labute approximate surface area is 129 Å². The molecule has 1 aliphatic rings. The van der Waals surface area contributed by atoms with Gasteiger partial charge in [-0.05, 0) is 56.3 Å². The molecule has 3 heteroatoms. The number of hydrogen-bond donors (Lipinski definition) is 2. The van der Waals surface area contributed by atoms with Gasteiger partial charge in [-0.1, -0.05) is 31.2 Å². The number of rotatable bonds is 7. The Hall–Kier alpha value is -0.900. The van der Waals surface area contributed by atoms with E-state index in [2.05, 4.69) is 36.2 Å². The Balaban J connectivity index is 1.78. The van der Waals surface area contributed by atoms with Crippen LogP contribution in [0, 0.1) is 5.92 Å². The molecule has 118 valence electrons. The molecule has 1 aliphatic heterocycles. The van der Waals surface area contributed by atoms with Crippen molar-refractivity contribution in [2.45, 2.75) is 52.3 Å². The maximum Gasteiger partial charge on any atom is 0.0681 e. The van der Waals surface area contributed by atoms with E-state index in [-0.39, 0.29) is 6.61 Å². The summed E-state index contributed by atoms with van der Waals surface area (Å²) >= 11 is 0. The maximum atomic E-state index is 9.07. The summed E-state index contributed by atoms with van der Waals surface area (Å²) in [6.45, 7) is 9.39. The van der Waals surface area contributed by atoms with Crippen LogP contribution in [-0.4, -0.2) is 35.7 Å². The summed E-state index contributed by atoms with van der Waals surface area (Å²) in [5, 5.41) is 12.7. The number of benzene rings is 1. The molecule has 1 aromatic carbocycles. The van der Waals surface area contributed by atoms with Gasteiger partial charge in [-0.15, -0.1) is 0 Å². The lowest BCUT2D eigenvalue weighted by atomic mass is 9.91. The summed E-state index contributed by atoms with van der Waals surface area (Å²) in [7, 11) is 0. The van der Waals surface area contributed by atoms with Gasteiger partial charge >= 0.3 is 0 Å². The van der Waals surface area contributed by atoms with E-state index >= 15 is 0 Å². The van der Waals surface area contributed by atoms with Crippen LogP contribution in [0.15, 0.2) is 24.3 Å². The maximum absolute atomic E-state index is 9.07. The molecule has 1 saturated heterocycles. The normalized spacial score (nSPS) is 21.4. The van der Waals surface area contributed by atoms with Crippen molar-refractivity contribution >= 4 is 0 Å². The van der Waals surface area contributed by atoms with Crippen LogP contribution in [-0.2, 0) is 13.2 Å². The summed E-state index contributed by atoms with van der Waals surface area (Å²) in [5.74, 6) is 0.766. The summed E-state index contributed by atoms with van der Waals surface area (Å²) in [6.07, 6.45) is 3.94.